The summed E-state index contributed by atoms with van der Waals surface area (Å²) in [6.45, 7) is 2.17. The van der Waals surface area contributed by atoms with Gasteiger partial charge < -0.3 is 19.5 Å². The molecule has 2 fully saturated rings. The van der Waals surface area contributed by atoms with Crippen molar-refractivity contribution < 1.29 is 19.4 Å². The molecule has 4 atom stereocenters. The van der Waals surface area contributed by atoms with Gasteiger partial charge in [-0.2, -0.15) is 0 Å². The van der Waals surface area contributed by atoms with Crippen LogP contribution in [0.5, 0.6) is 0 Å². The number of hydrogen-bond acceptors (Lipinski definition) is 4. The summed E-state index contributed by atoms with van der Waals surface area (Å²) in [6, 6.07) is 5.31. The molecule has 1 spiro atoms. The number of hydrogen-bond donors (Lipinski definition) is 0. The number of carboxylic acids is 1. The second-order valence-electron chi connectivity index (χ2n) is 6.08. The average molecular weight is 319 g/mol. The number of carbonyl (C=O) groups excluding carboxylic acids is 2. The highest BCUT2D eigenvalue weighted by molar-refractivity contribution is 6.31. The molecule has 0 unspecified atom stereocenters. The van der Waals surface area contributed by atoms with E-state index in [4.69, 9.17) is 16.3 Å². The highest BCUT2D eigenvalue weighted by atomic mass is 35.5. The number of benzene rings is 1. The van der Waals surface area contributed by atoms with Crippen LogP contribution in [0, 0.1) is 18.8 Å². The van der Waals surface area contributed by atoms with Crippen molar-refractivity contribution in [3.05, 3.63) is 40.9 Å². The third-order valence-electron chi connectivity index (χ3n) is 4.83. The summed E-state index contributed by atoms with van der Waals surface area (Å²) in [6.07, 6.45) is 2.98. The number of aryl methyl sites for hydroxylation is 1. The first-order valence-electron chi connectivity index (χ1n) is 7.08. The summed E-state index contributed by atoms with van der Waals surface area (Å²) in [7, 11) is 0. The van der Waals surface area contributed by atoms with Gasteiger partial charge in [0, 0.05) is 22.6 Å². The van der Waals surface area contributed by atoms with E-state index in [0.29, 0.717) is 17.3 Å². The third kappa shape index (κ3) is 1.63. The largest absolute Gasteiger partial charge is 0.550 e. The standard InChI is InChI=1S/C16H14ClNO4/c1-8-6-9(2-3-10(8)17)18-7-16-5-4-11(22-16)12(15(20)21)13(16)14(18)19/h2-6,11-13H,7H2,1H3,(H,20,21)/p-1/t11-,12+,13-,16+/m1/s1. The molecule has 6 heteroatoms. The molecular weight excluding hydrogens is 306 g/mol. The maximum absolute atomic E-state index is 12.8. The summed E-state index contributed by atoms with van der Waals surface area (Å²) in [5, 5.41) is 12.0. The predicted molar refractivity (Wildman–Crippen MR) is 77.3 cm³/mol. The SMILES string of the molecule is Cc1cc(N2C[C@]34C=C[C@@H](O3)[C@H](C(=O)[O-])[C@@H]4C2=O)ccc1Cl. The van der Waals surface area contributed by atoms with Gasteiger partial charge in [-0.15, -0.1) is 0 Å². The van der Waals surface area contributed by atoms with Gasteiger partial charge in [0.25, 0.3) is 0 Å². The number of anilines is 1. The molecule has 114 valence electrons. The Hall–Kier alpha value is -1.85. The molecule has 3 aliphatic rings. The Bertz CT molecular complexity index is 731. The van der Waals surface area contributed by atoms with Crippen molar-refractivity contribution >= 4 is 29.2 Å². The summed E-state index contributed by atoms with van der Waals surface area (Å²) < 4.78 is 5.81. The summed E-state index contributed by atoms with van der Waals surface area (Å²) in [4.78, 5) is 25.8. The van der Waals surface area contributed by atoms with Crippen LogP contribution in [-0.2, 0) is 14.3 Å². The van der Waals surface area contributed by atoms with Crippen LogP contribution in [0.3, 0.4) is 0 Å². The minimum Gasteiger partial charge on any atom is -0.550 e. The van der Waals surface area contributed by atoms with Gasteiger partial charge in [-0.3, -0.25) is 4.79 Å². The molecule has 0 N–H and O–H groups in total. The van der Waals surface area contributed by atoms with E-state index >= 15 is 0 Å². The number of amides is 1. The van der Waals surface area contributed by atoms with Crippen molar-refractivity contribution in [2.75, 3.05) is 11.4 Å². The Kier molecular flexibility index (Phi) is 2.72. The molecule has 1 amide bonds. The van der Waals surface area contributed by atoms with Crippen molar-refractivity contribution in [1.29, 1.82) is 0 Å². The lowest BCUT2D eigenvalue weighted by Crippen LogP contribution is -2.45. The maximum Gasteiger partial charge on any atom is 0.234 e. The van der Waals surface area contributed by atoms with Gasteiger partial charge in [-0.05, 0) is 30.7 Å². The van der Waals surface area contributed by atoms with Crippen molar-refractivity contribution in [2.45, 2.75) is 18.6 Å². The first kappa shape index (κ1) is 13.8. The van der Waals surface area contributed by atoms with E-state index in [1.807, 2.05) is 19.1 Å². The lowest BCUT2D eigenvalue weighted by atomic mass is 9.77. The Morgan fingerprint density at radius 1 is 1.50 bits per heavy atom. The quantitative estimate of drug-likeness (QED) is 0.752. The Labute approximate surface area is 132 Å². The molecule has 0 aromatic heterocycles. The van der Waals surface area contributed by atoms with Crippen LogP contribution >= 0.6 is 11.6 Å². The van der Waals surface area contributed by atoms with E-state index in [9.17, 15) is 14.7 Å². The van der Waals surface area contributed by atoms with Crippen LogP contribution in [0.25, 0.3) is 0 Å². The van der Waals surface area contributed by atoms with E-state index in [-0.39, 0.29) is 5.91 Å². The highest BCUT2D eigenvalue weighted by Gasteiger charge is 2.65. The van der Waals surface area contributed by atoms with Gasteiger partial charge in [0.05, 0.1) is 18.6 Å². The molecule has 0 aliphatic carbocycles. The van der Waals surface area contributed by atoms with Crippen LogP contribution in [0.2, 0.25) is 5.02 Å². The van der Waals surface area contributed by atoms with Gasteiger partial charge >= 0.3 is 0 Å². The molecule has 22 heavy (non-hydrogen) atoms. The molecule has 3 heterocycles. The maximum atomic E-state index is 12.8. The van der Waals surface area contributed by atoms with E-state index < -0.39 is 29.5 Å². The lowest BCUT2D eigenvalue weighted by molar-refractivity contribution is -0.313. The second-order valence-corrected chi connectivity index (χ2v) is 6.48. The topological polar surface area (TPSA) is 69.7 Å². The van der Waals surface area contributed by atoms with Crippen molar-refractivity contribution in [3.63, 3.8) is 0 Å². The fourth-order valence-corrected chi connectivity index (χ4v) is 3.90. The summed E-state index contributed by atoms with van der Waals surface area (Å²) in [5.74, 6) is -3.11. The number of ether oxygens (including phenoxy) is 1. The molecule has 0 radical (unpaired) electrons. The monoisotopic (exact) mass is 318 g/mol. The normalized spacial score (nSPS) is 35.3. The summed E-state index contributed by atoms with van der Waals surface area (Å²) in [5.41, 5.74) is 0.715. The smallest absolute Gasteiger partial charge is 0.234 e. The molecule has 1 aromatic rings. The van der Waals surface area contributed by atoms with E-state index in [2.05, 4.69) is 0 Å². The number of nitrogens with zero attached hydrogens (tertiary/aromatic N) is 1. The first-order chi connectivity index (χ1) is 10.4. The van der Waals surface area contributed by atoms with Crippen molar-refractivity contribution in [2.24, 2.45) is 11.8 Å². The predicted octanol–water partition coefficient (Wildman–Crippen LogP) is 0.685. The fraction of sp³-hybridized carbons (Fsp3) is 0.375. The number of fused-ring (bicyclic) bond motifs is 1. The Morgan fingerprint density at radius 2 is 2.27 bits per heavy atom. The number of carboxylic acid groups (broad SMARTS) is 1. The highest BCUT2D eigenvalue weighted by Crippen LogP contribution is 2.52. The van der Waals surface area contributed by atoms with Crippen LogP contribution in [0.4, 0.5) is 5.69 Å². The zero-order valence-electron chi connectivity index (χ0n) is 11.8. The Balaban J connectivity index is 1.74. The molecule has 2 bridgehead atoms. The van der Waals surface area contributed by atoms with E-state index in [1.165, 1.54) is 0 Å². The molecule has 3 aliphatic heterocycles. The van der Waals surface area contributed by atoms with Crippen molar-refractivity contribution in [1.82, 2.24) is 0 Å². The van der Waals surface area contributed by atoms with Gasteiger partial charge in [0.15, 0.2) is 0 Å². The lowest BCUT2D eigenvalue weighted by Gasteiger charge is -2.24. The number of carbonyl (C=O) groups is 2. The van der Waals surface area contributed by atoms with Crippen LogP contribution in [-0.4, -0.2) is 30.1 Å². The third-order valence-corrected chi connectivity index (χ3v) is 5.25. The van der Waals surface area contributed by atoms with Crippen LogP contribution in [0.1, 0.15) is 5.56 Å². The second kappa shape index (κ2) is 4.33. The molecule has 1 aromatic carbocycles. The molecule has 2 saturated heterocycles. The van der Waals surface area contributed by atoms with Crippen LogP contribution < -0.4 is 10.0 Å². The zero-order chi connectivity index (χ0) is 15.6. The average Bonchev–Trinajstić information content (AvgIpc) is 3.10. The number of rotatable bonds is 2. The van der Waals surface area contributed by atoms with Gasteiger partial charge in [0.1, 0.15) is 5.60 Å². The summed E-state index contributed by atoms with van der Waals surface area (Å²) >= 11 is 6.02. The number of aliphatic carboxylic acids is 1. The first-order valence-corrected chi connectivity index (χ1v) is 7.46. The molecule has 5 nitrogen and oxygen atoms in total. The number of halogens is 1. The van der Waals surface area contributed by atoms with Gasteiger partial charge in [-0.1, -0.05) is 23.8 Å². The van der Waals surface area contributed by atoms with Gasteiger partial charge in [-0.25, -0.2) is 0 Å². The molecule has 0 saturated carbocycles. The molecule has 4 rings (SSSR count). The zero-order valence-corrected chi connectivity index (χ0v) is 12.5. The minimum absolute atomic E-state index is 0.234. The van der Waals surface area contributed by atoms with E-state index in [1.54, 1.807) is 23.1 Å². The van der Waals surface area contributed by atoms with Crippen molar-refractivity contribution in [3.8, 4) is 0 Å². The fourth-order valence-electron chi connectivity index (χ4n) is 3.78. The minimum atomic E-state index is -1.23. The van der Waals surface area contributed by atoms with E-state index in [0.717, 1.165) is 5.56 Å². The van der Waals surface area contributed by atoms with Crippen LogP contribution in [0.15, 0.2) is 30.4 Å². The molecular formula is C16H13ClNO4-. The van der Waals surface area contributed by atoms with Gasteiger partial charge in [0.2, 0.25) is 5.91 Å². The Morgan fingerprint density at radius 3 is 2.95 bits per heavy atom.